The largest absolute Gasteiger partial charge is 0.325 e. The molecule has 0 unspecified atom stereocenters. The van der Waals surface area contributed by atoms with Crippen molar-refractivity contribution in [3.63, 3.8) is 0 Å². The Labute approximate surface area is 133 Å². The van der Waals surface area contributed by atoms with E-state index in [1.54, 1.807) is 0 Å². The van der Waals surface area contributed by atoms with Crippen LogP contribution in [-0.2, 0) is 0 Å². The molecule has 1 aromatic carbocycles. The molecule has 0 aromatic heterocycles. The Hall–Kier alpha value is -1.67. The lowest BCUT2D eigenvalue weighted by Gasteiger charge is -2.32. The minimum absolute atomic E-state index is 0.0552. The van der Waals surface area contributed by atoms with Gasteiger partial charge in [0.1, 0.15) is 5.83 Å². The smallest absolute Gasteiger partial charge is 0.114 e. The van der Waals surface area contributed by atoms with Gasteiger partial charge in [0.15, 0.2) is 0 Å². The van der Waals surface area contributed by atoms with Crippen molar-refractivity contribution in [2.45, 2.75) is 40.0 Å². The van der Waals surface area contributed by atoms with Crippen LogP contribution in [0.15, 0.2) is 47.3 Å². The van der Waals surface area contributed by atoms with Gasteiger partial charge in [0.2, 0.25) is 0 Å². The highest BCUT2D eigenvalue weighted by Gasteiger charge is 2.26. The molecule has 2 N–H and O–H groups in total. The summed E-state index contributed by atoms with van der Waals surface area (Å²) in [4.78, 5) is 0. The van der Waals surface area contributed by atoms with Crippen molar-refractivity contribution < 1.29 is 4.39 Å². The van der Waals surface area contributed by atoms with E-state index in [1.165, 1.54) is 36.5 Å². The molecule has 2 rings (SSSR count). The van der Waals surface area contributed by atoms with Crippen LogP contribution >= 0.6 is 0 Å². The van der Waals surface area contributed by atoms with Gasteiger partial charge in [0, 0.05) is 6.54 Å². The molecule has 1 aliphatic rings. The fraction of sp³-hybridized carbons (Fsp3) is 0.400. The standard InChI is InChI=1S/C20H26FN/c1-15-6-5-11-20(2,3)19(15)10-9-16-7-4-8-17(12-16)13-18(21)14-22/h4,7-10,12-13H,5-6,11,14,22H2,1-3H3/b10-9+,18-13+. The molecule has 0 heterocycles. The number of benzene rings is 1. The van der Waals surface area contributed by atoms with Crippen LogP contribution < -0.4 is 5.73 Å². The molecule has 0 fully saturated rings. The van der Waals surface area contributed by atoms with Crippen LogP contribution in [0, 0.1) is 5.41 Å². The topological polar surface area (TPSA) is 26.0 Å². The third-order valence-corrected chi connectivity index (χ3v) is 4.41. The van der Waals surface area contributed by atoms with E-state index in [0.29, 0.717) is 0 Å². The second-order valence-electron chi connectivity index (χ2n) is 6.73. The highest BCUT2D eigenvalue weighted by Crippen LogP contribution is 2.40. The molecule has 22 heavy (non-hydrogen) atoms. The lowest BCUT2D eigenvalue weighted by molar-refractivity contribution is 0.377. The van der Waals surface area contributed by atoms with Crippen LogP contribution in [-0.4, -0.2) is 6.54 Å². The molecule has 2 heteroatoms. The van der Waals surface area contributed by atoms with Crippen molar-refractivity contribution in [3.8, 4) is 0 Å². The predicted octanol–water partition coefficient (Wildman–Crippen LogP) is 5.50. The maximum atomic E-state index is 13.3. The summed E-state index contributed by atoms with van der Waals surface area (Å²) in [6.45, 7) is 6.80. The first-order valence-electron chi connectivity index (χ1n) is 7.97. The monoisotopic (exact) mass is 299 g/mol. The number of allylic oxidation sites excluding steroid dienone is 3. The molecule has 0 bridgehead atoms. The Bertz CT molecular complexity index is 620. The second-order valence-corrected chi connectivity index (χ2v) is 6.73. The molecule has 0 aliphatic heterocycles. The normalized spacial score (nSPS) is 19.0. The third-order valence-electron chi connectivity index (χ3n) is 4.41. The molecule has 0 atom stereocenters. The first kappa shape index (κ1) is 16.7. The van der Waals surface area contributed by atoms with Gasteiger partial charge in [-0.1, -0.05) is 49.8 Å². The van der Waals surface area contributed by atoms with Crippen LogP contribution in [0.5, 0.6) is 0 Å². The third kappa shape index (κ3) is 4.17. The molecule has 0 spiro atoms. The number of hydrogen-bond acceptors (Lipinski definition) is 1. The van der Waals surface area contributed by atoms with Crippen LogP contribution in [0.1, 0.15) is 51.2 Å². The van der Waals surface area contributed by atoms with Crippen LogP contribution in [0.3, 0.4) is 0 Å². The van der Waals surface area contributed by atoms with Crippen molar-refractivity contribution in [3.05, 3.63) is 58.4 Å². The molecular weight excluding hydrogens is 273 g/mol. The van der Waals surface area contributed by atoms with Gasteiger partial charge in [-0.3, -0.25) is 0 Å². The Kier molecular flexibility index (Phi) is 5.36. The minimum atomic E-state index is -0.298. The predicted molar refractivity (Wildman–Crippen MR) is 93.9 cm³/mol. The van der Waals surface area contributed by atoms with E-state index in [2.05, 4.69) is 32.9 Å². The summed E-state index contributed by atoms with van der Waals surface area (Å²) in [5, 5.41) is 0. The zero-order valence-corrected chi connectivity index (χ0v) is 13.8. The SMILES string of the molecule is CC1=C(/C=C/c2cccc(/C=C(/F)CN)c2)C(C)(C)CCC1. The van der Waals surface area contributed by atoms with Crippen molar-refractivity contribution >= 4 is 12.2 Å². The molecular formula is C20H26FN. The van der Waals surface area contributed by atoms with Crippen LogP contribution in [0.2, 0.25) is 0 Å². The van der Waals surface area contributed by atoms with Gasteiger partial charge in [0.05, 0.1) is 0 Å². The van der Waals surface area contributed by atoms with Crippen molar-refractivity contribution in [2.24, 2.45) is 11.1 Å². The lowest BCUT2D eigenvalue weighted by atomic mass is 9.72. The Morgan fingerprint density at radius 3 is 2.68 bits per heavy atom. The molecule has 0 saturated heterocycles. The summed E-state index contributed by atoms with van der Waals surface area (Å²) in [6, 6.07) is 7.86. The number of nitrogens with two attached hydrogens (primary N) is 1. The highest BCUT2D eigenvalue weighted by molar-refractivity contribution is 5.60. The zero-order valence-electron chi connectivity index (χ0n) is 13.8. The van der Waals surface area contributed by atoms with E-state index in [0.717, 1.165) is 11.1 Å². The first-order valence-corrected chi connectivity index (χ1v) is 7.97. The van der Waals surface area contributed by atoms with Crippen LogP contribution in [0.25, 0.3) is 12.2 Å². The average Bonchev–Trinajstić information content (AvgIpc) is 2.46. The molecule has 0 radical (unpaired) electrons. The maximum absolute atomic E-state index is 13.3. The van der Waals surface area contributed by atoms with E-state index >= 15 is 0 Å². The van der Waals surface area contributed by atoms with E-state index in [9.17, 15) is 4.39 Å². The number of halogens is 1. The summed E-state index contributed by atoms with van der Waals surface area (Å²) in [5.41, 5.74) is 10.4. The minimum Gasteiger partial charge on any atom is -0.325 e. The fourth-order valence-corrected chi connectivity index (χ4v) is 3.18. The van der Waals surface area contributed by atoms with E-state index < -0.39 is 0 Å². The van der Waals surface area contributed by atoms with Gasteiger partial charge in [-0.15, -0.1) is 0 Å². The van der Waals surface area contributed by atoms with E-state index in [-0.39, 0.29) is 17.8 Å². The fourth-order valence-electron chi connectivity index (χ4n) is 3.18. The second kappa shape index (κ2) is 7.06. The molecule has 0 amide bonds. The first-order chi connectivity index (χ1) is 10.4. The summed E-state index contributed by atoms with van der Waals surface area (Å²) in [7, 11) is 0. The Morgan fingerprint density at radius 2 is 2.00 bits per heavy atom. The van der Waals surface area contributed by atoms with E-state index in [4.69, 9.17) is 5.73 Å². The number of rotatable bonds is 4. The van der Waals surface area contributed by atoms with Gasteiger partial charge < -0.3 is 5.73 Å². The molecule has 0 saturated carbocycles. The van der Waals surface area contributed by atoms with Gasteiger partial charge in [-0.05, 0) is 60.4 Å². The van der Waals surface area contributed by atoms with Crippen LogP contribution in [0.4, 0.5) is 4.39 Å². The molecule has 1 nitrogen and oxygen atoms in total. The summed E-state index contributed by atoms with van der Waals surface area (Å²) in [6.07, 6.45) is 9.55. The molecule has 1 aromatic rings. The summed E-state index contributed by atoms with van der Waals surface area (Å²) >= 11 is 0. The van der Waals surface area contributed by atoms with Crippen molar-refractivity contribution in [1.82, 2.24) is 0 Å². The Morgan fingerprint density at radius 1 is 1.27 bits per heavy atom. The van der Waals surface area contributed by atoms with Gasteiger partial charge in [-0.25, -0.2) is 4.39 Å². The zero-order chi connectivity index (χ0) is 16.2. The molecule has 118 valence electrons. The Balaban J connectivity index is 2.25. The average molecular weight is 299 g/mol. The van der Waals surface area contributed by atoms with E-state index in [1.807, 2.05) is 24.3 Å². The van der Waals surface area contributed by atoms with Crippen molar-refractivity contribution in [2.75, 3.05) is 6.54 Å². The number of hydrogen-bond donors (Lipinski definition) is 1. The maximum Gasteiger partial charge on any atom is 0.114 e. The highest BCUT2D eigenvalue weighted by atomic mass is 19.1. The lowest BCUT2D eigenvalue weighted by Crippen LogP contribution is -2.18. The molecule has 1 aliphatic carbocycles. The van der Waals surface area contributed by atoms with Gasteiger partial charge in [-0.2, -0.15) is 0 Å². The van der Waals surface area contributed by atoms with Gasteiger partial charge in [0.25, 0.3) is 0 Å². The summed E-state index contributed by atoms with van der Waals surface area (Å²) < 4.78 is 13.3. The van der Waals surface area contributed by atoms with Crippen molar-refractivity contribution in [1.29, 1.82) is 0 Å². The quantitative estimate of drug-likeness (QED) is 0.781. The summed E-state index contributed by atoms with van der Waals surface area (Å²) in [5.74, 6) is -0.298. The van der Waals surface area contributed by atoms with Gasteiger partial charge >= 0.3 is 0 Å².